The van der Waals surface area contributed by atoms with Gasteiger partial charge in [-0.15, -0.1) is 0 Å². The summed E-state index contributed by atoms with van der Waals surface area (Å²) in [6.07, 6.45) is 0. The van der Waals surface area contributed by atoms with Gasteiger partial charge in [0.15, 0.2) is 0 Å². The largest absolute Gasteiger partial charge is 0.491 e. The van der Waals surface area contributed by atoms with E-state index in [1.165, 1.54) is 0 Å². The Bertz CT molecular complexity index is 376. The Morgan fingerprint density at radius 2 is 2.36 bits per heavy atom. The van der Waals surface area contributed by atoms with E-state index in [4.69, 9.17) is 21.1 Å². The monoisotopic (exact) mass is 211 g/mol. The van der Waals surface area contributed by atoms with Crippen molar-refractivity contribution in [1.82, 2.24) is 0 Å². The molecule has 0 spiro atoms. The molecule has 0 amide bonds. The van der Waals surface area contributed by atoms with Crippen LogP contribution in [0, 0.1) is 0 Å². The molecular formula is C10H10ClNO2. The van der Waals surface area contributed by atoms with Crippen molar-refractivity contribution in [3.05, 3.63) is 28.8 Å². The lowest BCUT2D eigenvalue weighted by molar-refractivity contribution is 0.331. The normalized spacial score (nSPS) is 14.9. The molecular weight excluding hydrogens is 202 g/mol. The van der Waals surface area contributed by atoms with Crippen molar-refractivity contribution < 1.29 is 9.47 Å². The molecule has 0 saturated carbocycles. The number of nitrogens with zero attached hydrogens (tertiary/aromatic N) is 1. The van der Waals surface area contributed by atoms with E-state index < -0.39 is 0 Å². The van der Waals surface area contributed by atoms with E-state index in [0.29, 0.717) is 24.1 Å². The van der Waals surface area contributed by atoms with Crippen LogP contribution in [0.4, 0.5) is 0 Å². The summed E-state index contributed by atoms with van der Waals surface area (Å²) in [5.41, 5.74) is 0.817. The van der Waals surface area contributed by atoms with E-state index >= 15 is 0 Å². The van der Waals surface area contributed by atoms with E-state index in [0.717, 1.165) is 11.3 Å². The zero-order valence-electron chi connectivity index (χ0n) is 7.79. The molecule has 0 saturated heterocycles. The second kappa shape index (κ2) is 3.88. The lowest BCUT2D eigenvalue weighted by atomic mass is 10.2. The van der Waals surface area contributed by atoms with Gasteiger partial charge in [0.1, 0.15) is 12.4 Å². The maximum absolute atomic E-state index is 5.89. The van der Waals surface area contributed by atoms with Crippen LogP contribution in [-0.4, -0.2) is 26.2 Å². The molecule has 1 heterocycles. The summed E-state index contributed by atoms with van der Waals surface area (Å²) in [5, 5.41) is 0.652. The molecule has 0 fully saturated rings. The quantitative estimate of drug-likeness (QED) is 0.658. The summed E-state index contributed by atoms with van der Waals surface area (Å²) in [4.78, 5) is 4.23. The van der Waals surface area contributed by atoms with Crippen molar-refractivity contribution in [2.24, 2.45) is 4.99 Å². The molecule has 3 nitrogen and oxygen atoms in total. The molecule has 2 rings (SSSR count). The van der Waals surface area contributed by atoms with Gasteiger partial charge in [-0.1, -0.05) is 11.6 Å². The Labute approximate surface area is 87.3 Å². The summed E-state index contributed by atoms with van der Waals surface area (Å²) >= 11 is 5.89. The maximum atomic E-state index is 5.89. The molecule has 0 aromatic heterocycles. The van der Waals surface area contributed by atoms with Crippen LogP contribution >= 0.6 is 11.6 Å². The first kappa shape index (κ1) is 9.34. The van der Waals surface area contributed by atoms with Gasteiger partial charge >= 0.3 is 0 Å². The van der Waals surface area contributed by atoms with Gasteiger partial charge in [0, 0.05) is 5.02 Å². The second-order valence-corrected chi connectivity index (χ2v) is 3.32. The summed E-state index contributed by atoms with van der Waals surface area (Å²) in [7, 11) is 1.59. The molecule has 1 aliphatic rings. The number of fused-ring (bicyclic) bond motifs is 1. The number of aliphatic imine (C=N–C) groups is 1. The molecule has 0 unspecified atom stereocenters. The Morgan fingerprint density at radius 1 is 1.50 bits per heavy atom. The van der Waals surface area contributed by atoms with Crippen molar-refractivity contribution in [1.29, 1.82) is 0 Å². The highest BCUT2D eigenvalue weighted by Crippen LogP contribution is 2.25. The van der Waals surface area contributed by atoms with Gasteiger partial charge in [0.2, 0.25) is 5.90 Å². The first-order valence-corrected chi connectivity index (χ1v) is 4.70. The highest BCUT2D eigenvalue weighted by atomic mass is 35.5. The maximum Gasteiger partial charge on any atom is 0.219 e. The molecule has 0 radical (unpaired) electrons. The predicted octanol–water partition coefficient (Wildman–Crippen LogP) is 2.13. The predicted molar refractivity (Wildman–Crippen MR) is 55.4 cm³/mol. The highest BCUT2D eigenvalue weighted by Gasteiger charge is 2.14. The molecule has 74 valence electrons. The number of methoxy groups -OCH3 is 1. The average molecular weight is 212 g/mol. The van der Waals surface area contributed by atoms with Crippen LogP contribution in [0.15, 0.2) is 23.2 Å². The minimum atomic E-state index is 0.571. The van der Waals surface area contributed by atoms with E-state index in [2.05, 4.69) is 4.99 Å². The third kappa shape index (κ3) is 1.68. The van der Waals surface area contributed by atoms with Crippen LogP contribution in [-0.2, 0) is 4.74 Å². The van der Waals surface area contributed by atoms with Gasteiger partial charge in [0.05, 0.1) is 19.2 Å². The van der Waals surface area contributed by atoms with Gasteiger partial charge in [-0.2, -0.15) is 0 Å². The third-order valence-corrected chi connectivity index (χ3v) is 2.20. The first-order chi connectivity index (χ1) is 6.81. The standard InChI is InChI=1S/C10H10ClNO2/c1-13-10-8-6-7(11)2-3-9(8)14-5-4-12-10/h2-3,6H,4-5H2,1H3. The van der Waals surface area contributed by atoms with Crippen LogP contribution in [0.1, 0.15) is 5.56 Å². The average Bonchev–Trinajstić information content (AvgIpc) is 2.39. The van der Waals surface area contributed by atoms with E-state index in [9.17, 15) is 0 Å². The van der Waals surface area contributed by atoms with Crippen molar-refractivity contribution in [3.63, 3.8) is 0 Å². The van der Waals surface area contributed by atoms with Crippen molar-refractivity contribution in [2.75, 3.05) is 20.3 Å². The second-order valence-electron chi connectivity index (χ2n) is 2.88. The van der Waals surface area contributed by atoms with E-state index in [-0.39, 0.29) is 0 Å². The highest BCUT2D eigenvalue weighted by molar-refractivity contribution is 6.31. The minimum Gasteiger partial charge on any atom is -0.491 e. The zero-order chi connectivity index (χ0) is 9.97. The zero-order valence-corrected chi connectivity index (χ0v) is 8.54. The van der Waals surface area contributed by atoms with Crippen LogP contribution in [0.3, 0.4) is 0 Å². The Hall–Kier alpha value is -1.22. The topological polar surface area (TPSA) is 30.8 Å². The molecule has 0 atom stereocenters. The molecule has 0 N–H and O–H groups in total. The number of hydrogen-bond acceptors (Lipinski definition) is 3. The van der Waals surface area contributed by atoms with Gasteiger partial charge < -0.3 is 9.47 Å². The molecule has 1 aliphatic heterocycles. The molecule has 14 heavy (non-hydrogen) atoms. The van der Waals surface area contributed by atoms with Crippen LogP contribution in [0.5, 0.6) is 5.75 Å². The fraction of sp³-hybridized carbons (Fsp3) is 0.300. The number of benzene rings is 1. The lowest BCUT2D eigenvalue weighted by Gasteiger charge is -2.08. The van der Waals surface area contributed by atoms with E-state index in [1.807, 2.05) is 6.07 Å². The van der Waals surface area contributed by atoms with Crippen LogP contribution < -0.4 is 4.74 Å². The Kier molecular flexibility index (Phi) is 2.59. The molecule has 0 bridgehead atoms. The summed E-state index contributed by atoms with van der Waals surface area (Å²) in [5.74, 6) is 1.35. The number of halogens is 1. The summed E-state index contributed by atoms with van der Waals surface area (Å²) < 4.78 is 10.6. The van der Waals surface area contributed by atoms with Gasteiger partial charge in [-0.25, -0.2) is 4.99 Å². The van der Waals surface area contributed by atoms with Crippen molar-refractivity contribution in [2.45, 2.75) is 0 Å². The molecule has 0 aliphatic carbocycles. The van der Waals surface area contributed by atoms with Crippen LogP contribution in [0.25, 0.3) is 0 Å². The van der Waals surface area contributed by atoms with E-state index in [1.54, 1.807) is 19.2 Å². The van der Waals surface area contributed by atoms with Crippen molar-refractivity contribution >= 4 is 17.5 Å². The molecule has 1 aromatic rings. The fourth-order valence-corrected chi connectivity index (χ4v) is 1.53. The van der Waals surface area contributed by atoms with Crippen molar-refractivity contribution in [3.8, 4) is 5.75 Å². The molecule has 4 heteroatoms. The lowest BCUT2D eigenvalue weighted by Crippen LogP contribution is -2.03. The fourth-order valence-electron chi connectivity index (χ4n) is 1.36. The Morgan fingerprint density at radius 3 is 3.14 bits per heavy atom. The Balaban J connectivity index is 2.51. The smallest absolute Gasteiger partial charge is 0.219 e. The summed E-state index contributed by atoms with van der Waals surface area (Å²) in [6.45, 7) is 1.18. The first-order valence-electron chi connectivity index (χ1n) is 4.32. The SMILES string of the molecule is COC1=NCCOc2ccc(Cl)cc21. The van der Waals surface area contributed by atoms with Gasteiger partial charge in [-0.3, -0.25) is 0 Å². The minimum absolute atomic E-state index is 0.571. The van der Waals surface area contributed by atoms with Gasteiger partial charge in [-0.05, 0) is 18.2 Å². The molecule has 1 aromatic carbocycles. The number of rotatable bonds is 0. The van der Waals surface area contributed by atoms with Crippen LogP contribution in [0.2, 0.25) is 5.02 Å². The summed E-state index contributed by atoms with van der Waals surface area (Å²) in [6, 6.07) is 5.42. The van der Waals surface area contributed by atoms with Gasteiger partial charge in [0.25, 0.3) is 0 Å². The number of ether oxygens (including phenoxy) is 2. The number of hydrogen-bond donors (Lipinski definition) is 0. The third-order valence-electron chi connectivity index (χ3n) is 1.97.